The van der Waals surface area contributed by atoms with Gasteiger partial charge in [0.2, 0.25) is 11.8 Å². The van der Waals surface area contributed by atoms with Gasteiger partial charge in [0.25, 0.3) is 0 Å². The minimum atomic E-state index is -0.366. The predicted molar refractivity (Wildman–Crippen MR) is 76.2 cm³/mol. The maximum absolute atomic E-state index is 12.3. The summed E-state index contributed by atoms with van der Waals surface area (Å²) in [6.07, 6.45) is 3.11. The Hall–Kier alpha value is -1.08. The third-order valence-electron chi connectivity index (χ3n) is 3.60. The van der Waals surface area contributed by atoms with Crippen LogP contribution in [-0.4, -0.2) is 38.4 Å². The minimum Gasteiger partial charge on any atom is -0.315 e. The fourth-order valence-electron chi connectivity index (χ4n) is 2.62. The van der Waals surface area contributed by atoms with E-state index in [9.17, 15) is 9.59 Å². The van der Waals surface area contributed by atoms with E-state index in [4.69, 9.17) is 0 Å². The zero-order valence-electron chi connectivity index (χ0n) is 10.8. The first-order valence-electron chi connectivity index (χ1n) is 6.19. The van der Waals surface area contributed by atoms with E-state index in [1.165, 1.54) is 11.3 Å². The lowest BCUT2D eigenvalue weighted by Crippen LogP contribution is -2.48. The molecule has 0 aliphatic carbocycles. The third kappa shape index (κ3) is 2.14. The van der Waals surface area contributed by atoms with Crippen LogP contribution in [0, 0.1) is 6.92 Å². The van der Waals surface area contributed by atoms with Crippen molar-refractivity contribution in [3.05, 3.63) is 11.1 Å². The molecule has 0 saturated carbocycles. The van der Waals surface area contributed by atoms with Gasteiger partial charge in [-0.2, -0.15) is 0 Å². The molecule has 2 aliphatic rings. The Bertz CT molecular complexity index is 545. The number of carbonyl (C=O) groups excluding carboxylic acids is 2. The van der Waals surface area contributed by atoms with E-state index in [0.717, 1.165) is 11.3 Å². The smallest absolute Gasteiger partial charge is 0.249 e. The molecular weight excluding hydrogens is 282 g/mol. The molecule has 5 nitrogen and oxygen atoms in total. The maximum Gasteiger partial charge on any atom is 0.249 e. The van der Waals surface area contributed by atoms with Gasteiger partial charge in [0.15, 0.2) is 5.13 Å². The van der Waals surface area contributed by atoms with Crippen LogP contribution >= 0.6 is 23.1 Å². The van der Waals surface area contributed by atoms with E-state index in [1.807, 2.05) is 13.8 Å². The first kappa shape index (κ1) is 12.9. The van der Waals surface area contributed by atoms with Gasteiger partial charge in [0.05, 0.1) is 4.87 Å². The molecule has 2 atom stereocenters. The van der Waals surface area contributed by atoms with E-state index >= 15 is 0 Å². The maximum atomic E-state index is 12.3. The highest BCUT2D eigenvalue weighted by Gasteiger charge is 2.52. The van der Waals surface area contributed by atoms with Gasteiger partial charge < -0.3 is 10.2 Å². The van der Waals surface area contributed by atoms with E-state index in [2.05, 4.69) is 10.3 Å². The van der Waals surface area contributed by atoms with Gasteiger partial charge in [0.1, 0.15) is 6.04 Å². The second-order valence-electron chi connectivity index (χ2n) is 5.03. The molecule has 102 valence electrons. The largest absolute Gasteiger partial charge is 0.315 e. The van der Waals surface area contributed by atoms with Gasteiger partial charge in [-0.25, -0.2) is 4.98 Å². The molecule has 0 bridgehead atoms. The van der Waals surface area contributed by atoms with Gasteiger partial charge in [-0.3, -0.25) is 9.59 Å². The molecule has 2 unspecified atom stereocenters. The minimum absolute atomic E-state index is 0.0861. The van der Waals surface area contributed by atoms with E-state index in [0.29, 0.717) is 17.3 Å². The number of hydrogen-bond acceptors (Lipinski definition) is 5. The zero-order chi connectivity index (χ0) is 13.6. The van der Waals surface area contributed by atoms with Crippen molar-refractivity contribution in [1.29, 1.82) is 0 Å². The number of thiazole rings is 1. The first-order chi connectivity index (χ1) is 8.99. The Labute approximate surface area is 119 Å². The Morgan fingerprint density at radius 2 is 2.42 bits per heavy atom. The zero-order valence-corrected chi connectivity index (χ0v) is 12.4. The summed E-state index contributed by atoms with van der Waals surface area (Å²) in [5.41, 5.74) is 0. The summed E-state index contributed by atoms with van der Waals surface area (Å²) in [6.45, 7) is 3.99. The lowest BCUT2D eigenvalue weighted by molar-refractivity contribution is -0.135. The Balaban J connectivity index is 1.76. The number of aromatic nitrogens is 1. The second-order valence-corrected chi connectivity index (χ2v) is 7.77. The summed E-state index contributed by atoms with van der Waals surface area (Å²) in [5.74, 6) is 0.627. The van der Waals surface area contributed by atoms with Crippen LogP contribution in [0.25, 0.3) is 0 Å². The Kier molecular flexibility index (Phi) is 3.05. The normalized spacial score (nSPS) is 29.7. The van der Waals surface area contributed by atoms with Crippen molar-refractivity contribution in [3.8, 4) is 0 Å². The Morgan fingerprint density at radius 3 is 3.11 bits per heavy atom. The number of rotatable bonds is 2. The van der Waals surface area contributed by atoms with Crippen LogP contribution < -0.4 is 5.32 Å². The van der Waals surface area contributed by atoms with Crippen molar-refractivity contribution in [1.82, 2.24) is 9.88 Å². The fraction of sp³-hybridized carbons (Fsp3) is 0.583. The first-order valence-corrected chi connectivity index (χ1v) is 7.99. The average Bonchev–Trinajstić information content (AvgIpc) is 2.97. The van der Waals surface area contributed by atoms with Crippen LogP contribution in [0.15, 0.2) is 6.20 Å². The van der Waals surface area contributed by atoms with Crippen molar-refractivity contribution >= 4 is 40.0 Å². The van der Waals surface area contributed by atoms with Gasteiger partial charge in [0, 0.05) is 23.2 Å². The summed E-state index contributed by atoms with van der Waals surface area (Å²) in [6, 6.07) is -0.366. The molecule has 1 N–H and O–H groups in total. The average molecular weight is 297 g/mol. The summed E-state index contributed by atoms with van der Waals surface area (Å²) in [5, 5.41) is 3.42. The van der Waals surface area contributed by atoms with Crippen LogP contribution in [0.4, 0.5) is 5.13 Å². The van der Waals surface area contributed by atoms with Gasteiger partial charge in [-0.1, -0.05) is 0 Å². The van der Waals surface area contributed by atoms with Crippen LogP contribution in [-0.2, 0) is 9.59 Å². The van der Waals surface area contributed by atoms with Crippen LogP contribution in [0.1, 0.15) is 24.6 Å². The van der Waals surface area contributed by atoms with E-state index in [-0.39, 0.29) is 22.7 Å². The van der Waals surface area contributed by atoms with Crippen LogP contribution in [0.3, 0.4) is 0 Å². The number of nitrogens with zero attached hydrogens (tertiary/aromatic N) is 2. The van der Waals surface area contributed by atoms with E-state index in [1.54, 1.807) is 22.9 Å². The Morgan fingerprint density at radius 1 is 1.63 bits per heavy atom. The molecule has 2 amide bonds. The molecule has 2 fully saturated rings. The molecule has 0 aromatic carbocycles. The molecule has 2 aliphatic heterocycles. The van der Waals surface area contributed by atoms with Crippen molar-refractivity contribution in [2.75, 3.05) is 11.1 Å². The van der Waals surface area contributed by atoms with Crippen molar-refractivity contribution in [2.45, 2.75) is 37.6 Å². The molecule has 0 radical (unpaired) electrons. The fourth-order valence-corrected chi connectivity index (χ4v) is 4.72. The number of aryl methyl sites for hydroxylation is 1. The van der Waals surface area contributed by atoms with Crippen molar-refractivity contribution in [3.63, 3.8) is 0 Å². The van der Waals surface area contributed by atoms with Crippen LogP contribution in [0.5, 0.6) is 0 Å². The lowest BCUT2D eigenvalue weighted by atomic mass is 10.2. The van der Waals surface area contributed by atoms with Crippen molar-refractivity contribution in [2.24, 2.45) is 0 Å². The van der Waals surface area contributed by atoms with Crippen LogP contribution in [0.2, 0.25) is 0 Å². The molecule has 7 heteroatoms. The lowest BCUT2D eigenvalue weighted by Gasteiger charge is -2.29. The van der Waals surface area contributed by atoms with E-state index < -0.39 is 0 Å². The topological polar surface area (TPSA) is 62.3 Å². The third-order valence-corrected chi connectivity index (χ3v) is 5.93. The summed E-state index contributed by atoms with van der Waals surface area (Å²) in [7, 11) is 0. The van der Waals surface area contributed by atoms with Crippen molar-refractivity contribution < 1.29 is 9.59 Å². The summed E-state index contributed by atoms with van der Waals surface area (Å²) < 4.78 is 0. The molecule has 1 aromatic heterocycles. The number of hydrogen-bond donors (Lipinski definition) is 1. The molecular formula is C12H15N3O2S2. The SMILES string of the molecule is Cc1cnc(NC(=O)C2CSC3(C)CCC(=O)N23)s1. The number of carbonyl (C=O) groups is 2. The molecule has 2 saturated heterocycles. The molecule has 3 rings (SSSR count). The van der Waals surface area contributed by atoms with Gasteiger partial charge in [-0.15, -0.1) is 23.1 Å². The summed E-state index contributed by atoms with van der Waals surface area (Å²) in [4.78, 5) is 31.0. The summed E-state index contributed by atoms with van der Waals surface area (Å²) >= 11 is 3.15. The van der Waals surface area contributed by atoms with Gasteiger partial charge in [-0.05, 0) is 20.3 Å². The number of fused-ring (bicyclic) bond motifs is 1. The predicted octanol–water partition coefficient (Wildman–Crippen LogP) is 1.84. The molecule has 19 heavy (non-hydrogen) atoms. The highest BCUT2D eigenvalue weighted by molar-refractivity contribution is 8.01. The second kappa shape index (κ2) is 4.49. The molecule has 0 spiro atoms. The number of amides is 2. The number of nitrogens with one attached hydrogen (secondary N) is 1. The quantitative estimate of drug-likeness (QED) is 0.905. The number of thioether (sulfide) groups is 1. The standard InChI is InChI=1S/C12H15N3O2S2/c1-7-5-13-11(19-7)14-10(17)8-6-18-12(2)4-3-9(16)15(8)12/h5,8H,3-4,6H2,1-2H3,(H,13,14,17). The molecule has 3 heterocycles. The molecule has 1 aromatic rings. The highest BCUT2D eigenvalue weighted by atomic mass is 32.2. The highest BCUT2D eigenvalue weighted by Crippen LogP contribution is 2.47. The monoisotopic (exact) mass is 297 g/mol. The van der Waals surface area contributed by atoms with Gasteiger partial charge >= 0.3 is 0 Å². The number of anilines is 1.